The topological polar surface area (TPSA) is 12.5 Å². The summed E-state index contributed by atoms with van der Waals surface area (Å²) in [5, 5.41) is 0. The largest absolute Gasteiger partial charge is 0.361 e. The van der Waals surface area contributed by atoms with Crippen LogP contribution in [0.15, 0.2) is 60.7 Å². The molecule has 2 aromatic carbocycles. The highest BCUT2D eigenvalue weighted by Gasteiger charge is 2.42. The minimum Gasteiger partial charge on any atom is -0.361 e. The summed E-state index contributed by atoms with van der Waals surface area (Å²) >= 11 is 0. The van der Waals surface area contributed by atoms with Crippen LogP contribution in [-0.2, 0) is 4.74 Å². The number of piperidine rings is 1. The molecular formula is C19H21NO. The number of rotatable bonds is 2. The monoisotopic (exact) mass is 279 g/mol. The number of ether oxygens (including phenoxy) is 1. The maximum atomic E-state index is 6.10. The van der Waals surface area contributed by atoms with Crippen molar-refractivity contribution < 1.29 is 4.74 Å². The molecule has 2 fully saturated rings. The highest BCUT2D eigenvalue weighted by molar-refractivity contribution is 5.24. The molecule has 0 radical (unpaired) electrons. The molecule has 0 aliphatic carbocycles. The smallest absolute Gasteiger partial charge is 0.111 e. The molecule has 0 amide bonds. The Hall–Kier alpha value is -1.64. The van der Waals surface area contributed by atoms with Gasteiger partial charge < -0.3 is 4.74 Å². The van der Waals surface area contributed by atoms with E-state index in [4.69, 9.17) is 4.74 Å². The van der Waals surface area contributed by atoms with E-state index < -0.39 is 0 Å². The predicted molar refractivity (Wildman–Crippen MR) is 83.8 cm³/mol. The summed E-state index contributed by atoms with van der Waals surface area (Å²) in [6.45, 7) is 0.817. The van der Waals surface area contributed by atoms with Crippen LogP contribution in [0.25, 0.3) is 0 Å². The normalized spacial score (nSPS) is 29.2. The Bertz CT molecular complexity index is 583. The van der Waals surface area contributed by atoms with Gasteiger partial charge >= 0.3 is 0 Å². The number of hydrogen-bond donors (Lipinski definition) is 0. The van der Waals surface area contributed by atoms with Crippen LogP contribution in [0.2, 0.25) is 0 Å². The van der Waals surface area contributed by atoms with Gasteiger partial charge in [0.25, 0.3) is 0 Å². The molecule has 0 spiro atoms. The average molecular weight is 279 g/mol. The van der Waals surface area contributed by atoms with Crippen LogP contribution in [-0.4, -0.2) is 17.7 Å². The van der Waals surface area contributed by atoms with E-state index in [9.17, 15) is 0 Å². The van der Waals surface area contributed by atoms with E-state index in [1.807, 2.05) is 0 Å². The Balaban J connectivity index is 1.69. The third kappa shape index (κ3) is 2.39. The number of fused-ring (bicyclic) bond motifs is 1. The zero-order valence-corrected chi connectivity index (χ0v) is 12.2. The van der Waals surface area contributed by atoms with Crippen molar-refractivity contribution in [2.45, 2.75) is 37.6 Å². The van der Waals surface area contributed by atoms with E-state index >= 15 is 0 Å². The van der Waals surface area contributed by atoms with E-state index in [0.717, 1.165) is 13.0 Å². The first kappa shape index (κ1) is 13.1. The van der Waals surface area contributed by atoms with Gasteiger partial charge in [-0.3, -0.25) is 4.90 Å². The van der Waals surface area contributed by atoms with Gasteiger partial charge in [0, 0.05) is 6.04 Å². The molecule has 2 heteroatoms. The van der Waals surface area contributed by atoms with E-state index in [1.54, 1.807) is 0 Å². The van der Waals surface area contributed by atoms with Gasteiger partial charge in [-0.05, 0) is 30.4 Å². The summed E-state index contributed by atoms with van der Waals surface area (Å²) in [5.41, 5.74) is 2.80. The molecule has 0 aromatic heterocycles. The molecule has 2 nitrogen and oxygen atoms in total. The third-order valence-corrected chi connectivity index (χ3v) is 4.80. The first-order valence-corrected chi connectivity index (χ1v) is 7.92. The lowest BCUT2D eigenvalue weighted by atomic mass is 9.92. The molecule has 4 rings (SSSR count). The van der Waals surface area contributed by atoms with Crippen LogP contribution < -0.4 is 0 Å². The molecule has 108 valence electrons. The van der Waals surface area contributed by atoms with Crippen LogP contribution in [0.1, 0.15) is 42.5 Å². The predicted octanol–water partition coefficient (Wildman–Crippen LogP) is 4.31. The minimum absolute atomic E-state index is 0.286. The number of nitrogens with zero attached hydrogens (tertiary/aromatic N) is 1. The lowest BCUT2D eigenvalue weighted by molar-refractivity contribution is -0.0271. The molecule has 3 atom stereocenters. The highest BCUT2D eigenvalue weighted by atomic mass is 16.5. The molecule has 2 aliphatic rings. The lowest BCUT2D eigenvalue weighted by Gasteiger charge is -2.40. The van der Waals surface area contributed by atoms with Crippen LogP contribution in [0, 0.1) is 0 Å². The Morgan fingerprint density at radius 1 is 0.762 bits per heavy atom. The van der Waals surface area contributed by atoms with Crippen LogP contribution in [0.3, 0.4) is 0 Å². The van der Waals surface area contributed by atoms with Crippen molar-refractivity contribution in [1.29, 1.82) is 0 Å². The standard InChI is InChI=1S/C19H21NO/c1-3-8-15(9-4-1)17-12-7-13-19-20(17)18(14-21-19)16-10-5-2-6-11-16/h1-6,8-11,17-19H,7,12-14H2/t17-,18+,19-/m1/s1. The number of hydrogen-bond acceptors (Lipinski definition) is 2. The first-order chi connectivity index (χ1) is 10.4. The van der Waals surface area contributed by atoms with Crippen LogP contribution in [0.5, 0.6) is 0 Å². The van der Waals surface area contributed by atoms with Gasteiger partial charge in [0.05, 0.1) is 12.6 Å². The maximum absolute atomic E-state index is 6.10. The highest BCUT2D eigenvalue weighted by Crippen LogP contribution is 2.44. The summed E-state index contributed by atoms with van der Waals surface area (Å²) in [6, 6.07) is 22.6. The molecule has 21 heavy (non-hydrogen) atoms. The molecule has 0 N–H and O–H groups in total. The fourth-order valence-electron chi connectivity index (χ4n) is 3.82. The van der Waals surface area contributed by atoms with Gasteiger partial charge in [-0.1, -0.05) is 60.7 Å². The Kier molecular flexibility index (Phi) is 3.50. The van der Waals surface area contributed by atoms with E-state index in [1.165, 1.54) is 24.0 Å². The van der Waals surface area contributed by atoms with Crippen LogP contribution >= 0.6 is 0 Å². The Morgan fingerprint density at radius 2 is 1.38 bits per heavy atom. The zero-order chi connectivity index (χ0) is 14.1. The molecule has 2 saturated heterocycles. The SMILES string of the molecule is c1ccc([C@H]2CCC[C@H]3OC[C@@H](c4ccccc4)N23)cc1. The second-order valence-electron chi connectivity index (χ2n) is 6.02. The fourth-order valence-corrected chi connectivity index (χ4v) is 3.82. The summed E-state index contributed by atoms with van der Waals surface area (Å²) in [4.78, 5) is 2.61. The quantitative estimate of drug-likeness (QED) is 0.812. The van der Waals surface area contributed by atoms with Crippen molar-refractivity contribution in [3.8, 4) is 0 Å². The lowest BCUT2D eigenvalue weighted by Crippen LogP contribution is -2.39. The van der Waals surface area contributed by atoms with Crippen molar-refractivity contribution in [2.75, 3.05) is 6.61 Å². The van der Waals surface area contributed by atoms with E-state index in [0.29, 0.717) is 12.1 Å². The van der Waals surface area contributed by atoms with E-state index in [2.05, 4.69) is 65.6 Å². The molecule has 2 aromatic rings. The van der Waals surface area contributed by atoms with Crippen molar-refractivity contribution in [3.05, 3.63) is 71.8 Å². The van der Waals surface area contributed by atoms with Gasteiger partial charge in [0.1, 0.15) is 6.23 Å². The molecule has 0 unspecified atom stereocenters. The van der Waals surface area contributed by atoms with Crippen LogP contribution in [0.4, 0.5) is 0 Å². The minimum atomic E-state index is 0.286. The molecule has 0 bridgehead atoms. The van der Waals surface area contributed by atoms with Crippen molar-refractivity contribution >= 4 is 0 Å². The summed E-state index contributed by atoms with van der Waals surface area (Å²) in [7, 11) is 0. The summed E-state index contributed by atoms with van der Waals surface area (Å²) in [5.74, 6) is 0. The first-order valence-electron chi connectivity index (χ1n) is 7.92. The third-order valence-electron chi connectivity index (χ3n) is 4.80. The molecule has 2 heterocycles. The van der Waals surface area contributed by atoms with Crippen molar-refractivity contribution in [1.82, 2.24) is 4.90 Å². The zero-order valence-electron chi connectivity index (χ0n) is 12.2. The van der Waals surface area contributed by atoms with Gasteiger partial charge in [0.15, 0.2) is 0 Å². The van der Waals surface area contributed by atoms with Gasteiger partial charge in [-0.25, -0.2) is 0 Å². The molecule has 2 aliphatic heterocycles. The van der Waals surface area contributed by atoms with Gasteiger partial charge in [0.2, 0.25) is 0 Å². The van der Waals surface area contributed by atoms with Gasteiger partial charge in [-0.2, -0.15) is 0 Å². The average Bonchev–Trinajstić information content (AvgIpc) is 3.00. The Morgan fingerprint density at radius 3 is 2.05 bits per heavy atom. The Labute approximate surface area is 126 Å². The van der Waals surface area contributed by atoms with Crippen molar-refractivity contribution in [3.63, 3.8) is 0 Å². The summed E-state index contributed by atoms with van der Waals surface area (Å²) < 4.78 is 6.10. The molecular weight excluding hydrogens is 258 g/mol. The fraction of sp³-hybridized carbons (Fsp3) is 0.368. The van der Waals surface area contributed by atoms with Crippen molar-refractivity contribution in [2.24, 2.45) is 0 Å². The second kappa shape index (κ2) is 5.63. The number of benzene rings is 2. The maximum Gasteiger partial charge on any atom is 0.111 e. The second-order valence-corrected chi connectivity index (χ2v) is 6.02. The molecule has 0 saturated carbocycles. The van der Waals surface area contributed by atoms with E-state index in [-0.39, 0.29) is 6.23 Å². The summed E-state index contributed by atoms with van der Waals surface area (Å²) in [6.07, 6.45) is 3.93. The van der Waals surface area contributed by atoms with Gasteiger partial charge in [-0.15, -0.1) is 0 Å².